The van der Waals surface area contributed by atoms with Crippen molar-refractivity contribution < 1.29 is 33.4 Å². The van der Waals surface area contributed by atoms with Crippen LogP contribution in [0.1, 0.15) is 26.3 Å². The van der Waals surface area contributed by atoms with Crippen LogP contribution in [-0.2, 0) is 25.6 Å². The minimum atomic E-state index is -0.815. The number of carbonyl (C=O) groups excluding carboxylic acids is 4. The molecule has 32 heavy (non-hydrogen) atoms. The quantitative estimate of drug-likeness (QED) is 0.420. The van der Waals surface area contributed by atoms with Crippen LogP contribution in [0.4, 0.5) is 14.4 Å². The Hall–Kier alpha value is -3.50. The molecular weight excluding hydrogens is 420 g/mol. The molecule has 11 heteroatoms. The molecule has 0 bridgehead atoms. The Morgan fingerprint density at radius 1 is 1.19 bits per heavy atom. The molecule has 0 unspecified atom stereocenters. The molecule has 3 N–H and O–H groups in total. The normalized spacial score (nSPS) is 22.3. The molecule has 0 radical (unpaired) electrons. The molecule has 2 saturated heterocycles. The molecule has 0 aromatic heterocycles. The molecule has 0 aliphatic carbocycles. The van der Waals surface area contributed by atoms with Gasteiger partial charge < -0.3 is 35.1 Å². The van der Waals surface area contributed by atoms with E-state index in [9.17, 15) is 19.2 Å². The second-order valence-corrected chi connectivity index (χ2v) is 8.59. The van der Waals surface area contributed by atoms with Crippen molar-refractivity contribution in [3.63, 3.8) is 0 Å². The van der Waals surface area contributed by atoms with Crippen molar-refractivity contribution >= 4 is 24.2 Å². The van der Waals surface area contributed by atoms with Crippen LogP contribution in [0.3, 0.4) is 0 Å². The van der Waals surface area contributed by atoms with Crippen LogP contribution in [0, 0.1) is 0 Å². The van der Waals surface area contributed by atoms with Gasteiger partial charge in [0.25, 0.3) is 0 Å². The molecule has 3 rings (SSSR count). The smallest absolute Gasteiger partial charge is 0.410 e. The largest absolute Gasteiger partial charge is 0.445 e. The molecule has 0 spiro atoms. The summed E-state index contributed by atoms with van der Waals surface area (Å²) < 4.78 is 15.5. The van der Waals surface area contributed by atoms with Crippen molar-refractivity contribution in [3.8, 4) is 0 Å². The fourth-order valence-corrected chi connectivity index (χ4v) is 3.23. The summed E-state index contributed by atoms with van der Waals surface area (Å²) in [5.74, 6) is -0.359. The average Bonchev–Trinajstić information content (AvgIpc) is 3.07. The van der Waals surface area contributed by atoms with Gasteiger partial charge in [-0.05, 0) is 26.3 Å². The van der Waals surface area contributed by atoms with E-state index in [0.29, 0.717) is 0 Å². The fraction of sp³-hybridized carbons (Fsp3) is 0.524. The summed E-state index contributed by atoms with van der Waals surface area (Å²) >= 11 is 0. The summed E-state index contributed by atoms with van der Waals surface area (Å²) in [4.78, 5) is 49.2. The molecule has 3 atom stereocenters. The first-order valence-electron chi connectivity index (χ1n) is 10.3. The minimum Gasteiger partial charge on any atom is -0.445 e. The van der Waals surface area contributed by atoms with E-state index >= 15 is 0 Å². The number of hydrogen-bond acceptors (Lipinski definition) is 7. The van der Waals surface area contributed by atoms with Gasteiger partial charge in [0.2, 0.25) is 5.91 Å². The predicted molar refractivity (Wildman–Crippen MR) is 112 cm³/mol. The first kappa shape index (κ1) is 23.2. The van der Waals surface area contributed by atoms with Gasteiger partial charge in [-0.1, -0.05) is 30.3 Å². The second-order valence-electron chi connectivity index (χ2n) is 8.59. The molecule has 4 amide bonds. The lowest BCUT2D eigenvalue weighted by molar-refractivity contribution is -0.131. The van der Waals surface area contributed by atoms with Gasteiger partial charge in [-0.2, -0.15) is 0 Å². The number of nitrogens with one attached hydrogen (secondary N) is 3. The van der Waals surface area contributed by atoms with Crippen molar-refractivity contribution in [2.75, 3.05) is 19.6 Å². The van der Waals surface area contributed by atoms with E-state index in [4.69, 9.17) is 14.2 Å². The van der Waals surface area contributed by atoms with E-state index in [-0.39, 0.29) is 32.1 Å². The third-order valence-electron chi connectivity index (χ3n) is 4.74. The summed E-state index contributed by atoms with van der Waals surface area (Å²) in [6.45, 7) is 5.80. The van der Waals surface area contributed by atoms with Crippen LogP contribution in [0.25, 0.3) is 0 Å². The Morgan fingerprint density at radius 3 is 2.56 bits per heavy atom. The number of ether oxygens (including phenoxy) is 3. The summed E-state index contributed by atoms with van der Waals surface area (Å²) in [6, 6.07) is 7.86. The van der Waals surface area contributed by atoms with Gasteiger partial charge in [0.15, 0.2) is 0 Å². The van der Waals surface area contributed by atoms with Crippen molar-refractivity contribution in [1.82, 2.24) is 20.9 Å². The van der Waals surface area contributed by atoms with Crippen LogP contribution in [0.2, 0.25) is 0 Å². The first-order chi connectivity index (χ1) is 15.1. The number of cyclic esters (lactones) is 1. The SMILES string of the molecule is CC(C)(C)OC(=O)NC[C@@H]1CN(C[C@H]2NC(=O)[C@H]2NC(=O)OCc2ccccc2)C(=O)O1. The molecule has 2 aliphatic rings. The zero-order chi connectivity index (χ0) is 23.3. The van der Waals surface area contributed by atoms with E-state index in [1.165, 1.54) is 4.90 Å². The van der Waals surface area contributed by atoms with Crippen molar-refractivity contribution in [2.24, 2.45) is 0 Å². The van der Waals surface area contributed by atoms with E-state index < -0.39 is 42.1 Å². The number of amides is 4. The number of β-lactam (4-membered cyclic amide) rings is 1. The number of nitrogens with zero attached hydrogens (tertiary/aromatic N) is 1. The third kappa shape index (κ3) is 6.50. The van der Waals surface area contributed by atoms with E-state index in [1.54, 1.807) is 20.8 Å². The highest BCUT2D eigenvalue weighted by Gasteiger charge is 2.44. The molecule has 2 fully saturated rings. The van der Waals surface area contributed by atoms with E-state index in [1.807, 2.05) is 30.3 Å². The molecule has 0 saturated carbocycles. The monoisotopic (exact) mass is 448 g/mol. The standard InChI is InChI=1S/C21H28N4O7/c1-21(2,3)32-18(27)22-9-14-10-25(20(29)31-14)11-15-16(17(26)23-15)24-19(28)30-12-13-7-5-4-6-8-13/h4-8,14-16H,9-12H2,1-3H3,(H,22,27)(H,23,26)(H,24,28)/t14-,15-,16+/m1/s1. The van der Waals surface area contributed by atoms with Crippen LogP contribution >= 0.6 is 0 Å². The molecule has 174 valence electrons. The second kappa shape index (κ2) is 9.75. The van der Waals surface area contributed by atoms with Gasteiger partial charge in [-0.25, -0.2) is 14.4 Å². The van der Waals surface area contributed by atoms with Gasteiger partial charge in [0, 0.05) is 6.54 Å². The zero-order valence-electron chi connectivity index (χ0n) is 18.3. The maximum atomic E-state index is 12.1. The van der Waals surface area contributed by atoms with E-state index in [0.717, 1.165) is 5.56 Å². The Morgan fingerprint density at radius 2 is 1.91 bits per heavy atom. The number of carbonyl (C=O) groups is 4. The minimum absolute atomic E-state index is 0.0798. The Labute approximate surface area is 185 Å². The number of alkyl carbamates (subject to hydrolysis) is 2. The van der Waals surface area contributed by atoms with E-state index in [2.05, 4.69) is 16.0 Å². The predicted octanol–water partition coefficient (Wildman–Crippen LogP) is 1.13. The maximum Gasteiger partial charge on any atom is 0.410 e. The van der Waals surface area contributed by atoms with Gasteiger partial charge in [-0.3, -0.25) is 4.79 Å². The van der Waals surface area contributed by atoms with Crippen LogP contribution < -0.4 is 16.0 Å². The highest BCUT2D eigenvalue weighted by Crippen LogP contribution is 2.16. The highest BCUT2D eigenvalue weighted by atomic mass is 16.6. The zero-order valence-corrected chi connectivity index (χ0v) is 18.3. The summed E-state index contributed by atoms with van der Waals surface area (Å²) in [7, 11) is 0. The lowest BCUT2D eigenvalue weighted by Crippen LogP contribution is -2.71. The number of benzene rings is 1. The van der Waals surface area contributed by atoms with Gasteiger partial charge in [-0.15, -0.1) is 0 Å². The Bertz CT molecular complexity index is 855. The molecule has 2 aliphatic heterocycles. The third-order valence-corrected chi connectivity index (χ3v) is 4.74. The Kier molecular flexibility index (Phi) is 7.06. The fourth-order valence-electron chi connectivity index (χ4n) is 3.23. The van der Waals surface area contributed by atoms with Gasteiger partial charge >= 0.3 is 18.3 Å². The van der Waals surface area contributed by atoms with Gasteiger partial charge in [0.1, 0.15) is 24.4 Å². The van der Waals surface area contributed by atoms with Crippen molar-refractivity contribution in [2.45, 2.75) is 51.2 Å². The molecule has 11 nitrogen and oxygen atoms in total. The average molecular weight is 448 g/mol. The molecule has 1 aromatic rings. The van der Waals surface area contributed by atoms with Crippen LogP contribution in [0.5, 0.6) is 0 Å². The van der Waals surface area contributed by atoms with Crippen LogP contribution in [-0.4, -0.2) is 72.5 Å². The van der Waals surface area contributed by atoms with Crippen LogP contribution in [0.15, 0.2) is 30.3 Å². The lowest BCUT2D eigenvalue weighted by Gasteiger charge is -2.38. The van der Waals surface area contributed by atoms with Crippen molar-refractivity contribution in [1.29, 1.82) is 0 Å². The molecular formula is C21H28N4O7. The summed E-state index contributed by atoms with van der Waals surface area (Å²) in [6.07, 6.45) is -2.43. The summed E-state index contributed by atoms with van der Waals surface area (Å²) in [5.41, 5.74) is 0.193. The van der Waals surface area contributed by atoms with Crippen molar-refractivity contribution in [3.05, 3.63) is 35.9 Å². The van der Waals surface area contributed by atoms with Gasteiger partial charge in [0.05, 0.1) is 19.1 Å². The number of hydrogen-bond donors (Lipinski definition) is 3. The Balaban J connectivity index is 1.42. The lowest BCUT2D eigenvalue weighted by atomic mass is 9.98. The molecule has 2 heterocycles. The number of rotatable bonds is 7. The highest BCUT2D eigenvalue weighted by molar-refractivity contribution is 5.92. The molecule has 1 aromatic carbocycles. The maximum absolute atomic E-state index is 12.1. The topological polar surface area (TPSA) is 135 Å². The first-order valence-corrected chi connectivity index (χ1v) is 10.3. The summed E-state index contributed by atoms with van der Waals surface area (Å²) in [5, 5.41) is 7.75.